The molecule has 1 N–H and O–H groups in total. The highest BCUT2D eigenvalue weighted by Crippen LogP contribution is 2.75. The minimum Gasteiger partial charge on any atom is -0.461 e. The van der Waals surface area contributed by atoms with E-state index in [-0.39, 0.29) is 69.3 Å². The highest BCUT2D eigenvalue weighted by atomic mass is 32.2. The van der Waals surface area contributed by atoms with Gasteiger partial charge in [-0.25, -0.2) is 13.1 Å². The summed E-state index contributed by atoms with van der Waals surface area (Å²) in [5.74, 6) is 1.11. The van der Waals surface area contributed by atoms with Gasteiger partial charge in [0.05, 0.1) is 48.4 Å². The Hall–Kier alpha value is -2.56. The Bertz CT molecular complexity index is 1920. The Morgan fingerprint density at radius 2 is 1.60 bits per heavy atom. The third-order valence-corrected chi connectivity index (χ3v) is 18.4. The van der Waals surface area contributed by atoms with Crippen molar-refractivity contribution in [2.75, 3.05) is 26.9 Å². The van der Waals surface area contributed by atoms with Crippen LogP contribution in [0.1, 0.15) is 106 Å². The molecule has 0 spiro atoms. The molecule has 2 bridgehead atoms. The summed E-state index contributed by atoms with van der Waals surface area (Å²) in [6.45, 7) is 22.0. The lowest BCUT2D eigenvalue weighted by atomic mass is 9.34. The Morgan fingerprint density at radius 3 is 2.25 bits per heavy atom. The van der Waals surface area contributed by atoms with Crippen LogP contribution in [-0.4, -0.2) is 59.1 Å². The first kappa shape index (κ1) is 42.6. The van der Waals surface area contributed by atoms with Crippen LogP contribution >= 0.6 is 0 Å². The molecule has 7 rings (SSSR count). The molecule has 8 nitrogen and oxygen atoms in total. The second-order valence-corrected chi connectivity index (χ2v) is 22.3. The third-order valence-electron chi connectivity index (χ3n) is 16.7. The number of carbonyl (C=O) groups excluding carboxylic acids is 1. The number of rotatable bonds is 12. The molecule has 0 aromatic heterocycles. The maximum absolute atomic E-state index is 14.8. The number of hydrogen-bond acceptors (Lipinski definition) is 7. The van der Waals surface area contributed by atoms with E-state index >= 15 is 0 Å². The Morgan fingerprint density at radius 1 is 0.930 bits per heavy atom. The minimum absolute atomic E-state index is 0.0503. The number of carbonyl (C=O) groups is 1. The van der Waals surface area contributed by atoms with E-state index in [1.54, 1.807) is 31.4 Å². The lowest BCUT2D eigenvalue weighted by molar-refractivity contribution is -0.269. The number of ether oxygens (including phenoxy) is 4. The monoisotopic (exact) mass is 803 g/mol. The summed E-state index contributed by atoms with van der Waals surface area (Å²) in [6.07, 6.45) is 7.81. The minimum atomic E-state index is -3.74. The van der Waals surface area contributed by atoms with Crippen molar-refractivity contribution in [3.63, 3.8) is 0 Å². The van der Waals surface area contributed by atoms with E-state index in [4.69, 9.17) is 18.9 Å². The fourth-order valence-corrected chi connectivity index (χ4v) is 14.6. The number of sulfonamides is 1. The van der Waals surface area contributed by atoms with Crippen LogP contribution in [0.25, 0.3) is 0 Å². The van der Waals surface area contributed by atoms with Crippen molar-refractivity contribution in [2.45, 2.75) is 130 Å². The quantitative estimate of drug-likeness (QED) is 0.169. The number of hydrogen-bond donors (Lipinski definition) is 1. The van der Waals surface area contributed by atoms with Gasteiger partial charge in [0, 0.05) is 17.9 Å². The molecular weight excluding hydrogens is 735 g/mol. The van der Waals surface area contributed by atoms with E-state index in [0.717, 1.165) is 44.1 Å². The molecule has 4 aliphatic carbocycles. The predicted molar refractivity (Wildman–Crippen MR) is 224 cm³/mol. The van der Waals surface area contributed by atoms with Crippen molar-refractivity contribution >= 4 is 16.0 Å². The van der Waals surface area contributed by atoms with Crippen LogP contribution in [-0.2, 0) is 40.4 Å². The average molecular weight is 804 g/mol. The van der Waals surface area contributed by atoms with Crippen molar-refractivity contribution in [3.8, 4) is 0 Å². The molecule has 1 saturated heterocycles. The van der Waals surface area contributed by atoms with Gasteiger partial charge in [0.15, 0.2) is 0 Å². The molecule has 4 fully saturated rings. The summed E-state index contributed by atoms with van der Waals surface area (Å²) in [5.41, 5.74) is 0.487. The fraction of sp³-hybridized carbons (Fsp3) is 0.688. The predicted octanol–water partition coefficient (Wildman–Crippen LogP) is 9.39. The van der Waals surface area contributed by atoms with Gasteiger partial charge in [-0.1, -0.05) is 109 Å². The van der Waals surface area contributed by atoms with Crippen LogP contribution in [0.15, 0.2) is 77.2 Å². The van der Waals surface area contributed by atoms with Crippen molar-refractivity contribution in [3.05, 3.63) is 77.9 Å². The van der Waals surface area contributed by atoms with Crippen molar-refractivity contribution < 1.29 is 32.2 Å². The third kappa shape index (κ3) is 6.97. The van der Waals surface area contributed by atoms with Crippen molar-refractivity contribution in [1.82, 2.24) is 4.72 Å². The van der Waals surface area contributed by atoms with Gasteiger partial charge in [-0.2, -0.15) is 0 Å². The number of methoxy groups -OCH3 is 1. The van der Waals surface area contributed by atoms with E-state index in [9.17, 15) is 13.2 Å². The number of benzene rings is 2. The molecule has 5 aliphatic rings. The van der Waals surface area contributed by atoms with E-state index < -0.39 is 15.6 Å². The van der Waals surface area contributed by atoms with Crippen LogP contribution in [0.4, 0.5) is 0 Å². The summed E-state index contributed by atoms with van der Waals surface area (Å²) in [7, 11) is -1.95. The van der Waals surface area contributed by atoms with Crippen LogP contribution in [0.3, 0.4) is 0 Å². The number of allylic oxidation sites excluding steroid dienone is 1. The Kier molecular flexibility index (Phi) is 11.3. The zero-order chi connectivity index (χ0) is 41.2. The molecule has 0 unspecified atom stereocenters. The smallest absolute Gasteiger partial charge is 0.310 e. The van der Waals surface area contributed by atoms with Crippen LogP contribution in [0.2, 0.25) is 0 Å². The molecule has 0 radical (unpaired) electrons. The van der Waals surface area contributed by atoms with E-state index in [1.165, 1.54) is 5.57 Å². The van der Waals surface area contributed by atoms with Gasteiger partial charge in [0.1, 0.15) is 6.61 Å². The van der Waals surface area contributed by atoms with Gasteiger partial charge in [0.25, 0.3) is 0 Å². The Balaban J connectivity index is 1.19. The topological polar surface area (TPSA) is 100 Å². The molecule has 0 amide bonds. The first-order valence-corrected chi connectivity index (χ1v) is 23.0. The summed E-state index contributed by atoms with van der Waals surface area (Å²) in [6, 6.07) is 18.6. The standard InChI is InChI=1S/C48H69NO7S/c1-32(2)33(3)44(6)25-26-46(8)36-21-22-39-45(7)30-54-31-48(39,37(36)23-24-47(46,9)40(44)42(50)55-28-34-17-13-11-14-18-34)27-38(53-10)41(45)56-29-43(4,5)49-57(51,52)35-19-15-12-16-20-35/h11-20,23,32-33,36,38-41,49H,21-22,24-31H2,1-10H3/t33-,36+,38-,39+,40-,41+,44-,45+,46-,47+,48+/m1/s1. The zero-order valence-electron chi connectivity index (χ0n) is 36.2. The number of nitrogens with one attached hydrogen (secondary N) is 1. The maximum Gasteiger partial charge on any atom is 0.310 e. The van der Waals surface area contributed by atoms with E-state index in [2.05, 4.69) is 59.3 Å². The largest absolute Gasteiger partial charge is 0.461 e. The molecular formula is C48H69NO7S. The lowest BCUT2D eigenvalue weighted by Gasteiger charge is -2.71. The second-order valence-electron chi connectivity index (χ2n) is 20.6. The van der Waals surface area contributed by atoms with Crippen molar-refractivity contribution in [2.24, 2.45) is 56.7 Å². The van der Waals surface area contributed by atoms with Gasteiger partial charge < -0.3 is 18.9 Å². The van der Waals surface area contributed by atoms with E-state index in [1.807, 2.05) is 50.2 Å². The molecule has 1 aliphatic heterocycles. The van der Waals surface area contributed by atoms with Crippen molar-refractivity contribution in [1.29, 1.82) is 0 Å². The summed E-state index contributed by atoms with van der Waals surface area (Å²) in [4.78, 5) is 15.0. The molecule has 9 heteroatoms. The van der Waals surface area contributed by atoms with Crippen LogP contribution < -0.4 is 4.72 Å². The highest BCUT2D eigenvalue weighted by molar-refractivity contribution is 7.89. The average Bonchev–Trinajstić information content (AvgIpc) is 3.16. The van der Waals surface area contributed by atoms with Gasteiger partial charge >= 0.3 is 5.97 Å². The summed E-state index contributed by atoms with van der Waals surface area (Å²) >= 11 is 0. The first-order valence-electron chi connectivity index (χ1n) is 21.5. The second kappa shape index (κ2) is 15.2. The first-order chi connectivity index (χ1) is 26.8. The highest BCUT2D eigenvalue weighted by Gasteiger charge is 2.72. The van der Waals surface area contributed by atoms with Crippen LogP contribution in [0, 0.1) is 56.7 Å². The normalized spacial score (nSPS) is 38.3. The lowest BCUT2D eigenvalue weighted by Crippen LogP contribution is -2.70. The molecule has 3 saturated carbocycles. The number of esters is 1. The summed E-state index contributed by atoms with van der Waals surface area (Å²) in [5, 5.41) is 0. The van der Waals surface area contributed by atoms with Gasteiger partial charge in [-0.05, 0) is 110 Å². The zero-order valence-corrected chi connectivity index (χ0v) is 37.0. The molecule has 1 heterocycles. The molecule has 314 valence electrons. The molecule has 57 heavy (non-hydrogen) atoms. The van der Waals surface area contributed by atoms with Gasteiger partial charge in [-0.3, -0.25) is 4.79 Å². The van der Waals surface area contributed by atoms with E-state index in [0.29, 0.717) is 36.9 Å². The van der Waals surface area contributed by atoms with Crippen LogP contribution in [0.5, 0.6) is 0 Å². The molecule has 2 aromatic rings. The SMILES string of the molecule is CO[C@@H]1C[C@@]23COC[C@@](C)([C@@H]2CC[C@H]2C3=CC[C@@]3(C)[C@H](C(=O)OCc4ccccc4)[C@@](C)([C@H](C)C(C)C)CC[C@]23C)[C@H]1OCC(C)(C)NS(=O)(=O)c1ccccc1. The maximum atomic E-state index is 14.8. The summed E-state index contributed by atoms with van der Waals surface area (Å²) < 4.78 is 55.9. The molecule has 11 atom stereocenters. The number of fused-ring (bicyclic) bond motifs is 3. The van der Waals surface area contributed by atoms with Gasteiger partial charge in [0.2, 0.25) is 10.0 Å². The Labute approximate surface area is 343 Å². The fourth-order valence-electron chi connectivity index (χ4n) is 13.2. The van der Waals surface area contributed by atoms with Gasteiger partial charge in [-0.15, -0.1) is 0 Å². The molecule has 2 aromatic carbocycles.